The third-order valence-electron chi connectivity index (χ3n) is 0. The van der Waals surface area contributed by atoms with Crippen LogP contribution >= 0.6 is 0 Å². The standard InChI is InChI=1S/C4H10.C3H6.C2H4/c1-4(2)3;1-3-2;1-2/h4H,1-3H3;3H,1H2,2H3;1-2H2. The smallest absolute Gasteiger partial charge is 0.0473 e. The molecule has 0 saturated carbocycles. The first-order chi connectivity index (χ1) is 4.15. The van der Waals surface area contributed by atoms with Gasteiger partial charge in [-0.1, -0.05) is 26.8 Å². The van der Waals surface area contributed by atoms with Crippen LogP contribution in [0.5, 0.6) is 0 Å². The van der Waals surface area contributed by atoms with Crippen molar-refractivity contribution < 1.29 is 0 Å². The van der Waals surface area contributed by atoms with Crippen molar-refractivity contribution >= 4 is 0 Å². The van der Waals surface area contributed by atoms with E-state index in [2.05, 4.69) is 40.5 Å². The van der Waals surface area contributed by atoms with E-state index in [0.29, 0.717) is 0 Å². The molecule has 0 aromatic carbocycles. The zero-order valence-electron chi connectivity index (χ0n) is 7.28. The third-order valence-corrected chi connectivity index (χ3v) is 0. The zero-order chi connectivity index (χ0) is 8.28. The van der Waals surface area contributed by atoms with Gasteiger partial charge in [-0.2, -0.15) is 0 Å². The Hall–Kier alpha value is -0.520. The molecule has 0 heteroatoms. The van der Waals surface area contributed by atoms with Gasteiger partial charge in [0.15, 0.2) is 0 Å². The molecule has 0 aliphatic heterocycles. The molecule has 0 aromatic heterocycles. The monoisotopic (exact) mass is 128 g/mol. The van der Waals surface area contributed by atoms with Gasteiger partial charge in [0.1, 0.15) is 0 Å². The van der Waals surface area contributed by atoms with Gasteiger partial charge >= 0.3 is 0 Å². The molecular weight excluding hydrogens is 108 g/mol. The highest BCUT2D eigenvalue weighted by molar-refractivity contribution is 4.51. The van der Waals surface area contributed by atoms with E-state index in [1.807, 2.05) is 6.92 Å². The highest BCUT2D eigenvalue weighted by Gasteiger charge is 1.68. The molecule has 0 nitrogen and oxygen atoms in total. The summed E-state index contributed by atoms with van der Waals surface area (Å²) in [7, 11) is 0. The van der Waals surface area contributed by atoms with E-state index in [4.69, 9.17) is 0 Å². The summed E-state index contributed by atoms with van der Waals surface area (Å²) in [6.07, 6.45) is 1.75. The zero-order valence-corrected chi connectivity index (χ0v) is 7.28. The van der Waals surface area contributed by atoms with Crippen molar-refractivity contribution in [2.45, 2.75) is 27.7 Å². The van der Waals surface area contributed by atoms with Crippen LogP contribution in [0.4, 0.5) is 0 Å². The van der Waals surface area contributed by atoms with Gasteiger partial charge in [-0.25, -0.2) is 0 Å². The van der Waals surface area contributed by atoms with E-state index >= 15 is 0 Å². The third kappa shape index (κ3) is 831. The Bertz CT molecular complexity index is 32.5. The molecule has 9 heavy (non-hydrogen) atoms. The fourth-order valence-corrected chi connectivity index (χ4v) is 0. The van der Waals surface area contributed by atoms with Crippen LogP contribution in [0.25, 0.3) is 0 Å². The second-order valence-corrected chi connectivity index (χ2v) is 2.14. The topological polar surface area (TPSA) is 0 Å². The SMILES string of the molecule is C=C.C=CC.CC(C)C. The second kappa shape index (κ2) is 25.9. The van der Waals surface area contributed by atoms with E-state index in [-0.39, 0.29) is 0 Å². The van der Waals surface area contributed by atoms with Crippen molar-refractivity contribution in [3.05, 3.63) is 25.8 Å². The van der Waals surface area contributed by atoms with E-state index in [1.165, 1.54) is 0 Å². The molecule has 0 atom stereocenters. The van der Waals surface area contributed by atoms with Crippen molar-refractivity contribution in [1.82, 2.24) is 0 Å². The molecule has 0 spiro atoms. The first-order valence-electron chi connectivity index (χ1n) is 3.22. The van der Waals surface area contributed by atoms with Crippen molar-refractivity contribution in [1.29, 1.82) is 0 Å². The molecule has 0 unspecified atom stereocenters. The normalized spacial score (nSPS) is 5.89. The average Bonchev–Trinajstić information content (AvgIpc) is 1.71. The lowest BCUT2D eigenvalue weighted by Gasteiger charge is -1.79. The minimum atomic E-state index is 0.833. The Kier molecular flexibility index (Phi) is 45.5. The van der Waals surface area contributed by atoms with Crippen LogP contribution in [0.15, 0.2) is 25.8 Å². The number of hydrogen-bond donors (Lipinski definition) is 0. The maximum Gasteiger partial charge on any atom is -0.0473 e. The number of hydrogen-bond acceptors (Lipinski definition) is 0. The van der Waals surface area contributed by atoms with E-state index < -0.39 is 0 Å². The van der Waals surface area contributed by atoms with Gasteiger partial charge in [0, 0.05) is 0 Å². The van der Waals surface area contributed by atoms with Crippen LogP contribution in [0.2, 0.25) is 0 Å². The molecule has 0 fully saturated rings. The van der Waals surface area contributed by atoms with E-state index in [9.17, 15) is 0 Å². The van der Waals surface area contributed by atoms with Gasteiger partial charge in [0.05, 0.1) is 0 Å². The molecule has 0 amide bonds. The Morgan fingerprint density at radius 2 is 1.11 bits per heavy atom. The highest BCUT2D eigenvalue weighted by Crippen LogP contribution is 1.81. The van der Waals surface area contributed by atoms with Crippen molar-refractivity contribution in [3.8, 4) is 0 Å². The maximum absolute atomic E-state index is 3.36. The fraction of sp³-hybridized carbons (Fsp3) is 0.556. The van der Waals surface area contributed by atoms with Crippen molar-refractivity contribution in [2.24, 2.45) is 5.92 Å². The molecule has 0 aromatic rings. The molecule has 0 rings (SSSR count). The van der Waals surface area contributed by atoms with Gasteiger partial charge in [0.25, 0.3) is 0 Å². The van der Waals surface area contributed by atoms with Crippen LogP contribution in [0.3, 0.4) is 0 Å². The van der Waals surface area contributed by atoms with E-state index in [0.717, 1.165) is 5.92 Å². The van der Waals surface area contributed by atoms with Gasteiger partial charge in [0.2, 0.25) is 0 Å². The summed E-state index contributed by atoms with van der Waals surface area (Å²) in [4.78, 5) is 0. The van der Waals surface area contributed by atoms with Crippen LogP contribution in [-0.2, 0) is 0 Å². The maximum atomic E-state index is 3.36. The Labute approximate surface area is 60.3 Å². The first-order valence-corrected chi connectivity index (χ1v) is 3.22. The summed E-state index contributed by atoms with van der Waals surface area (Å²) >= 11 is 0. The summed E-state index contributed by atoms with van der Waals surface area (Å²) in [5.74, 6) is 0.833. The molecule has 0 bridgehead atoms. The second-order valence-electron chi connectivity index (χ2n) is 2.14. The molecule has 0 radical (unpaired) electrons. The summed E-state index contributed by atoms with van der Waals surface area (Å²) in [6.45, 7) is 17.8. The quantitative estimate of drug-likeness (QED) is 0.437. The Balaban J connectivity index is -0.0000000646. The first kappa shape index (κ1) is 15.8. The molecule has 0 heterocycles. The summed E-state index contributed by atoms with van der Waals surface area (Å²) in [5.41, 5.74) is 0. The largest absolute Gasteiger partial charge is 0.106 e. The minimum absolute atomic E-state index is 0.833. The molecule has 0 aliphatic rings. The lowest BCUT2D eigenvalue weighted by molar-refractivity contribution is 0.737. The number of allylic oxidation sites excluding steroid dienone is 1. The lowest BCUT2D eigenvalue weighted by Crippen LogP contribution is -1.66. The fourth-order valence-electron chi connectivity index (χ4n) is 0. The predicted octanol–water partition coefficient (Wildman–Crippen LogP) is 3.66. The molecular formula is C9H20. The molecule has 0 aliphatic carbocycles. The molecule has 56 valence electrons. The van der Waals surface area contributed by atoms with Gasteiger partial charge in [-0.05, 0) is 12.8 Å². The average molecular weight is 128 g/mol. The highest BCUT2D eigenvalue weighted by atomic mass is 13.7. The number of rotatable bonds is 0. The van der Waals surface area contributed by atoms with Crippen LogP contribution in [0, 0.1) is 5.92 Å². The summed E-state index contributed by atoms with van der Waals surface area (Å²) in [6, 6.07) is 0. The van der Waals surface area contributed by atoms with E-state index in [1.54, 1.807) is 6.08 Å². The van der Waals surface area contributed by atoms with Gasteiger partial charge in [-0.15, -0.1) is 19.7 Å². The Morgan fingerprint density at radius 3 is 1.11 bits per heavy atom. The van der Waals surface area contributed by atoms with Crippen molar-refractivity contribution in [3.63, 3.8) is 0 Å². The van der Waals surface area contributed by atoms with Gasteiger partial charge in [-0.3, -0.25) is 0 Å². The van der Waals surface area contributed by atoms with Crippen molar-refractivity contribution in [2.75, 3.05) is 0 Å². The van der Waals surface area contributed by atoms with Crippen LogP contribution in [-0.4, -0.2) is 0 Å². The Morgan fingerprint density at radius 1 is 1.11 bits per heavy atom. The summed E-state index contributed by atoms with van der Waals surface area (Å²) in [5, 5.41) is 0. The van der Waals surface area contributed by atoms with Crippen LogP contribution < -0.4 is 0 Å². The van der Waals surface area contributed by atoms with Crippen LogP contribution in [0.1, 0.15) is 27.7 Å². The minimum Gasteiger partial charge on any atom is -0.106 e. The molecule has 0 saturated heterocycles. The predicted molar refractivity (Wildman–Crippen MR) is 47.6 cm³/mol. The van der Waals surface area contributed by atoms with Gasteiger partial charge < -0.3 is 0 Å². The lowest BCUT2D eigenvalue weighted by atomic mass is 10.3. The summed E-state index contributed by atoms with van der Waals surface area (Å²) < 4.78 is 0. The molecule has 0 N–H and O–H groups in total.